The van der Waals surface area contributed by atoms with E-state index in [0.717, 1.165) is 49.8 Å². The number of amides is 1. The Hall–Kier alpha value is -1.79. The number of benzene rings is 1. The van der Waals surface area contributed by atoms with Crippen molar-refractivity contribution in [2.45, 2.75) is 19.4 Å². The molecule has 2 aliphatic rings. The quantitative estimate of drug-likeness (QED) is 0.718. The molecule has 0 aliphatic carbocycles. The molecule has 4 N–H and O–H groups in total. The number of hydrogen-bond acceptors (Lipinski definition) is 5. The molecule has 1 amide bonds. The minimum Gasteiger partial charge on any atom is -0.397 e. The number of nitrogens with one attached hydrogen (secondary N) is 2. The van der Waals surface area contributed by atoms with Crippen LogP contribution in [-0.2, 0) is 16.0 Å². The molecule has 1 unspecified atom stereocenters. The Bertz CT molecular complexity index is 541. The van der Waals surface area contributed by atoms with Gasteiger partial charge in [-0.2, -0.15) is 0 Å². The summed E-state index contributed by atoms with van der Waals surface area (Å²) in [6, 6.07) is 4.10. The lowest BCUT2D eigenvalue weighted by atomic mass is 10.1. The number of nitrogen functional groups attached to an aromatic ring is 1. The number of nitrogens with two attached hydrogens (primary N) is 1. The molecule has 1 aromatic carbocycles. The second kappa shape index (κ2) is 5.91. The van der Waals surface area contributed by atoms with E-state index >= 15 is 0 Å². The van der Waals surface area contributed by atoms with Crippen LogP contribution in [0, 0.1) is 0 Å². The van der Waals surface area contributed by atoms with Gasteiger partial charge in [-0.15, -0.1) is 0 Å². The molecule has 0 aromatic heterocycles. The molecule has 0 saturated carbocycles. The molecule has 1 atom stereocenters. The van der Waals surface area contributed by atoms with E-state index in [1.165, 1.54) is 0 Å². The molecule has 2 aliphatic heterocycles. The molecule has 114 valence electrons. The lowest BCUT2D eigenvalue weighted by Crippen LogP contribution is -2.42. The first kappa shape index (κ1) is 14.2. The summed E-state index contributed by atoms with van der Waals surface area (Å²) in [6.07, 6.45) is 0.420. The van der Waals surface area contributed by atoms with Crippen LogP contribution in [0.2, 0.25) is 0 Å². The van der Waals surface area contributed by atoms with Crippen LogP contribution in [-0.4, -0.2) is 49.7 Å². The molecule has 1 saturated heterocycles. The smallest absolute Gasteiger partial charge is 0.228 e. The third-order valence-electron chi connectivity index (χ3n) is 3.94. The van der Waals surface area contributed by atoms with E-state index in [4.69, 9.17) is 10.5 Å². The molecular formula is C15H22N4O2. The van der Waals surface area contributed by atoms with Gasteiger partial charge in [-0.25, -0.2) is 0 Å². The molecular weight excluding hydrogens is 268 g/mol. The van der Waals surface area contributed by atoms with Gasteiger partial charge in [0.25, 0.3) is 0 Å². The summed E-state index contributed by atoms with van der Waals surface area (Å²) in [6.45, 7) is 6.65. The fourth-order valence-electron chi connectivity index (χ4n) is 2.90. The first-order valence-corrected chi connectivity index (χ1v) is 7.40. The van der Waals surface area contributed by atoms with E-state index < -0.39 is 0 Å². The van der Waals surface area contributed by atoms with Crippen LogP contribution in [0.3, 0.4) is 0 Å². The molecule has 1 fully saturated rings. The van der Waals surface area contributed by atoms with Crippen molar-refractivity contribution in [3.63, 3.8) is 0 Å². The van der Waals surface area contributed by atoms with E-state index in [0.29, 0.717) is 12.1 Å². The average Bonchev–Trinajstić information content (AvgIpc) is 2.79. The van der Waals surface area contributed by atoms with Crippen molar-refractivity contribution >= 4 is 23.0 Å². The van der Waals surface area contributed by atoms with Crippen LogP contribution in [0.5, 0.6) is 0 Å². The molecule has 3 rings (SSSR count). The van der Waals surface area contributed by atoms with Gasteiger partial charge in [0, 0.05) is 31.4 Å². The monoisotopic (exact) mass is 290 g/mol. The van der Waals surface area contributed by atoms with Crippen molar-refractivity contribution in [3.8, 4) is 0 Å². The van der Waals surface area contributed by atoms with Gasteiger partial charge in [0.2, 0.25) is 5.91 Å². The zero-order valence-electron chi connectivity index (χ0n) is 12.3. The summed E-state index contributed by atoms with van der Waals surface area (Å²) in [7, 11) is 0. The number of morpholine rings is 1. The Kier molecular flexibility index (Phi) is 3.98. The Morgan fingerprint density at radius 3 is 2.95 bits per heavy atom. The largest absolute Gasteiger partial charge is 0.397 e. The van der Waals surface area contributed by atoms with Gasteiger partial charge in [0.05, 0.1) is 31.0 Å². The molecule has 1 aromatic rings. The van der Waals surface area contributed by atoms with E-state index in [1.54, 1.807) is 0 Å². The highest BCUT2D eigenvalue weighted by atomic mass is 16.5. The van der Waals surface area contributed by atoms with Gasteiger partial charge in [0.15, 0.2) is 0 Å². The van der Waals surface area contributed by atoms with Crippen molar-refractivity contribution in [1.82, 2.24) is 4.90 Å². The first-order valence-electron chi connectivity index (χ1n) is 7.40. The van der Waals surface area contributed by atoms with Gasteiger partial charge in [-0.3, -0.25) is 9.69 Å². The molecule has 6 heteroatoms. The average molecular weight is 290 g/mol. The second-order valence-corrected chi connectivity index (χ2v) is 5.78. The molecule has 0 spiro atoms. The maximum Gasteiger partial charge on any atom is 0.228 e. The third kappa shape index (κ3) is 3.28. The van der Waals surface area contributed by atoms with E-state index in [1.807, 2.05) is 12.1 Å². The van der Waals surface area contributed by atoms with Gasteiger partial charge in [-0.1, -0.05) is 0 Å². The normalized spacial score (nSPS) is 20.0. The Labute approximate surface area is 124 Å². The van der Waals surface area contributed by atoms with Crippen LogP contribution < -0.4 is 16.4 Å². The van der Waals surface area contributed by atoms with Crippen LogP contribution in [0.1, 0.15) is 12.5 Å². The highest BCUT2D eigenvalue weighted by Crippen LogP contribution is 2.31. The fraction of sp³-hybridized carbons (Fsp3) is 0.533. The number of nitrogens with zero attached hydrogens (tertiary/aromatic N) is 1. The maximum atomic E-state index is 11.4. The lowest BCUT2D eigenvalue weighted by Gasteiger charge is -2.30. The number of anilines is 3. The Balaban J connectivity index is 1.64. The second-order valence-electron chi connectivity index (χ2n) is 5.78. The minimum atomic E-state index is 0.0305. The zero-order chi connectivity index (χ0) is 14.8. The molecule has 21 heavy (non-hydrogen) atoms. The van der Waals surface area contributed by atoms with Crippen molar-refractivity contribution in [2.24, 2.45) is 0 Å². The summed E-state index contributed by atoms with van der Waals surface area (Å²) >= 11 is 0. The Morgan fingerprint density at radius 2 is 2.19 bits per heavy atom. The van der Waals surface area contributed by atoms with Crippen LogP contribution >= 0.6 is 0 Å². The van der Waals surface area contributed by atoms with E-state index in [2.05, 4.69) is 22.5 Å². The summed E-state index contributed by atoms with van der Waals surface area (Å²) in [4.78, 5) is 13.8. The van der Waals surface area contributed by atoms with Crippen LogP contribution in [0.25, 0.3) is 0 Å². The first-order chi connectivity index (χ1) is 10.1. The third-order valence-corrected chi connectivity index (χ3v) is 3.94. The summed E-state index contributed by atoms with van der Waals surface area (Å²) in [5, 5.41) is 6.30. The predicted octanol–water partition coefficient (Wildman–Crippen LogP) is 0.896. The molecule has 0 radical (unpaired) electrons. The van der Waals surface area contributed by atoms with Crippen molar-refractivity contribution < 1.29 is 9.53 Å². The number of hydrogen-bond donors (Lipinski definition) is 3. The molecule has 0 bridgehead atoms. The van der Waals surface area contributed by atoms with Crippen molar-refractivity contribution in [3.05, 3.63) is 17.7 Å². The zero-order valence-corrected chi connectivity index (χ0v) is 12.3. The van der Waals surface area contributed by atoms with Gasteiger partial charge < -0.3 is 21.1 Å². The van der Waals surface area contributed by atoms with E-state index in [-0.39, 0.29) is 11.9 Å². The Morgan fingerprint density at radius 1 is 1.43 bits per heavy atom. The maximum absolute atomic E-state index is 11.4. The number of carbonyl (C=O) groups is 1. The van der Waals surface area contributed by atoms with Gasteiger partial charge >= 0.3 is 0 Å². The molecule has 2 heterocycles. The number of fused-ring (bicyclic) bond motifs is 1. The standard InChI is InChI=1S/C15H22N4O2/c1-10(9-19-2-4-21-5-3-19)17-14-8-13-11(6-12(14)16)7-15(20)18-13/h6,8,10,17H,2-5,7,9,16H2,1H3,(H,18,20). The SMILES string of the molecule is CC(CN1CCOCC1)Nc1cc2c(cc1N)CC(=O)N2. The lowest BCUT2D eigenvalue weighted by molar-refractivity contribution is -0.115. The topological polar surface area (TPSA) is 79.6 Å². The number of rotatable bonds is 4. The summed E-state index contributed by atoms with van der Waals surface area (Å²) in [5.74, 6) is 0.0305. The molecule has 6 nitrogen and oxygen atoms in total. The van der Waals surface area contributed by atoms with Gasteiger partial charge in [0.1, 0.15) is 0 Å². The number of carbonyl (C=O) groups excluding carboxylic acids is 1. The highest BCUT2D eigenvalue weighted by molar-refractivity contribution is 6.00. The van der Waals surface area contributed by atoms with Crippen LogP contribution in [0.4, 0.5) is 17.1 Å². The highest BCUT2D eigenvalue weighted by Gasteiger charge is 2.20. The summed E-state index contributed by atoms with van der Waals surface area (Å²) < 4.78 is 5.36. The minimum absolute atomic E-state index is 0.0305. The van der Waals surface area contributed by atoms with Crippen molar-refractivity contribution in [1.29, 1.82) is 0 Å². The summed E-state index contributed by atoms with van der Waals surface area (Å²) in [5.41, 5.74) is 9.51. The predicted molar refractivity (Wildman–Crippen MR) is 83.5 cm³/mol. The van der Waals surface area contributed by atoms with E-state index in [9.17, 15) is 4.79 Å². The van der Waals surface area contributed by atoms with Crippen molar-refractivity contribution in [2.75, 3.05) is 49.2 Å². The fourth-order valence-corrected chi connectivity index (χ4v) is 2.90. The number of ether oxygens (including phenoxy) is 1. The van der Waals surface area contributed by atoms with Gasteiger partial charge in [-0.05, 0) is 24.6 Å². The van der Waals surface area contributed by atoms with Crippen LogP contribution in [0.15, 0.2) is 12.1 Å².